The van der Waals surface area contributed by atoms with Gasteiger partial charge in [0.2, 0.25) is 0 Å². The minimum atomic E-state index is -0.565. The molecule has 22 heavy (non-hydrogen) atoms. The standard InChI is InChI=1S/C17H25O4P/c1-17(2,3)10-14(22-5)12-7-6-8-13(9-12)16(19)21-11-15(18)20-4/h6-9,14,22H,10-11H2,1-5H3. The molecule has 0 aromatic heterocycles. The van der Waals surface area contributed by atoms with Crippen LogP contribution in [0.15, 0.2) is 24.3 Å². The van der Waals surface area contributed by atoms with Gasteiger partial charge in [0.25, 0.3) is 0 Å². The molecule has 1 aromatic carbocycles. The van der Waals surface area contributed by atoms with Gasteiger partial charge >= 0.3 is 11.9 Å². The number of carbonyl (C=O) groups excluding carboxylic acids is 2. The molecule has 0 fully saturated rings. The van der Waals surface area contributed by atoms with Crippen molar-refractivity contribution in [2.75, 3.05) is 20.4 Å². The molecular formula is C17H25O4P. The third-order valence-electron chi connectivity index (χ3n) is 3.24. The molecule has 0 heterocycles. The van der Waals surface area contributed by atoms with Gasteiger partial charge in [-0.1, -0.05) is 32.9 Å². The van der Waals surface area contributed by atoms with Gasteiger partial charge in [-0.15, -0.1) is 8.58 Å². The SMILES string of the molecule is COC(=O)COC(=O)c1cccc(C(CC(C)(C)C)PC)c1. The second-order valence-corrected chi connectivity index (χ2v) is 7.66. The molecule has 2 unspecified atom stereocenters. The van der Waals surface area contributed by atoms with Crippen molar-refractivity contribution in [1.82, 2.24) is 0 Å². The maximum absolute atomic E-state index is 12.0. The van der Waals surface area contributed by atoms with Crippen molar-refractivity contribution in [2.45, 2.75) is 32.9 Å². The Hall–Kier alpha value is -1.41. The first-order valence-corrected chi connectivity index (χ1v) is 8.85. The zero-order chi connectivity index (χ0) is 16.8. The highest BCUT2D eigenvalue weighted by Gasteiger charge is 2.20. The summed E-state index contributed by atoms with van der Waals surface area (Å²) in [6, 6.07) is 7.48. The largest absolute Gasteiger partial charge is 0.466 e. The van der Waals surface area contributed by atoms with Crippen LogP contribution in [0.1, 0.15) is 48.8 Å². The van der Waals surface area contributed by atoms with Crippen LogP contribution >= 0.6 is 8.58 Å². The maximum atomic E-state index is 12.0. The van der Waals surface area contributed by atoms with Gasteiger partial charge in [-0.05, 0) is 36.2 Å². The summed E-state index contributed by atoms with van der Waals surface area (Å²) in [5, 5.41) is 0. The van der Waals surface area contributed by atoms with Crippen molar-refractivity contribution < 1.29 is 19.1 Å². The van der Waals surface area contributed by atoms with E-state index in [4.69, 9.17) is 4.74 Å². The van der Waals surface area contributed by atoms with Crippen LogP contribution < -0.4 is 0 Å². The summed E-state index contributed by atoms with van der Waals surface area (Å²) in [6.07, 6.45) is 1.06. The van der Waals surface area contributed by atoms with Crippen LogP contribution in [0.25, 0.3) is 0 Å². The lowest BCUT2D eigenvalue weighted by Gasteiger charge is -2.25. The molecule has 1 rings (SSSR count). The van der Waals surface area contributed by atoms with Gasteiger partial charge in [-0.3, -0.25) is 0 Å². The highest BCUT2D eigenvalue weighted by atomic mass is 31.1. The third-order valence-corrected chi connectivity index (χ3v) is 4.47. The quantitative estimate of drug-likeness (QED) is 0.590. The van der Waals surface area contributed by atoms with Crippen molar-refractivity contribution in [2.24, 2.45) is 5.41 Å². The fourth-order valence-electron chi connectivity index (χ4n) is 2.15. The van der Waals surface area contributed by atoms with Crippen molar-refractivity contribution >= 4 is 20.5 Å². The number of carbonyl (C=O) groups is 2. The Morgan fingerprint density at radius 1 is 1.27 bits per heavy atom. The van der Waals surface area contributed by atoms with Gasteiger partial charge in [-0.25, -0.2) is 9.59 Å². The Morgan fingerprint density at radius 2 is 1.95 bits per heavy atom. The number of hydrogen-bond acceptors (Lipinski definition) is 4. The Bertz CT molecular complexity index is 520. The molecular weight excluding hydrogens is 299 g/mol. The maximum Gasteiger partial charge on any atom is 0.344 e. The van der Waals surface area contributed by atoms with Gasteiger partial charge in [0.1, 0.15) is 0 Å². The second-order valence-electron chi connectivity index (χ2n) is 6.38. The molecule has 0 bridgehead atoms. The van der Waals surface area contributed by atoms with Crippen molar-refractivity contribution in [1.29, 1.82) is 0 Å². The molecule has 122 valence electrons. The Balaban J connectivity index is 2.84. The number of rotatable bonds is 6. The highest BCUT2D eigenvalue weighted by Crippen LogP contribution is 2.41. The molecule has 1 aromatic rings. The fourth-order valence-corrected chi connectivity index (χ4v) is 3.48. The van der Waals surface area contributed by atoms with E-state index in [0.29, 0.717) is 11.2 Å². The molecule has 0 aliphatic carbocycles. The third kappa shape index (κ3) is 6.15. The van der Waals surface area contributed by atoms with E-state index in [-0.39, 0.29) is 12.0 Å². The predicted octanol–water partition coefficient (Wildman–Crippen LogP) is 3.80. The summed E-state index contributed by atoms with van der Waals surface area (Å²) in [6.45, 7) is 8.47. The van der Waals surface area contributed by atoms with Crippen LogP contribution in [-0.4, -0.2) is 32.3 Å². The molecule has 2 atom stereocenters. The van der Waals surface area contributed by atoms with Gasteiger partial charge in [0, 0.05) is 5.66 Å². The molecule has 0 aliphatic rings. The summed E-state index contributed by atoms with van der Waals surface area (Å²) < 4.78 is 9.39. The zero-order valence-electron chi connectivity index (χ0n) is 13.9. The van der Waals surface area contributed by atoms with E-state index in [9.17, 15) is 9.59 Å². The van der Waals surface area contributed by atoms with Gasteiger partial charge in [-0.2, -0.15) is 0 Å². The van der Waals surface area contributed by atoms with E-state index in [0.717, 1.165) is 20.6 Å². The Labute approximate surface area is 134 Å². The number of ether oxygens (including phenoxy) is 2. The molecule has 0 saturated carbocycles. The molecule has 0 saturated heterocycles. The summed E-state index contributed by atoms with van der Waals surface area (Å²) in [7, 11) is 2.02. The molecule has 0 N–H and O–H groups in total. The van der Waals surface area contributed by atoms with Crippen LogP contribution in [0, 0.1) is 5.41 Å². The van der Waals surface area contributed by atoms with Crippen LogP contribution in [-0.2, 0) is 14.3 Å². The lowest BCUT2D eigenvalue weighted by Crippen LogP contribution is -2.15. The lowest BCUT2D eigenvalue weighted by atomic mass is 9.88. The summed E-state index contributed by atoms with van der Waals surface area (Å²) in [5.74, 6) is -1.06. The van der Waals surface area contributed by atoms with Crippen molar-refractivity contribution in [3.63, 3.8) is 0 Å². The minimum Gasteiger partial charge on any atom is -0.466 e. The lowest BCUT2D eigenvalue weighted by molar-refractivity contribution is -0.144. The summed E-state index contributed by atoms with van der Waals surface area (Å²) in [5.41, 5.74) is 2.27. The van der Waals surface area contributed by atoms with Gasteiger partial charge in [0.05, 0.1) is 12.7 Å². The zero-order valence-corrected chi connectivity index (χ0v) is 14.9. The van der Waals surface area contributed by atoms with E-state index in [1.54, 1.807) is 6.07 Å². The number of hydrogen-bond donors (Lipinski definition) is 0. The molecule has 0 amide bonds. The first-order chi connectivity index (χ1) is 10.3. The average Bonchev–Trinajstić information content (AvgIpc) is 2.49. The Kier molecular flexibility index (Phi) is 7.02. The highest BCUT2D eigenvalue weighted by molar-refractivity contribution is 7.37. The topological polar surface area (TPSA) is 52.6 Å². The van der Waals surface area contributed by atoms with Crippen LogP contribution in [0.2, 0.25) is 0 Å². The van der Waals surface area contributed by atoms with Crippen molar-refractivity contribution in [3.05, 3.63) is 35.4 Å². The molecule has 5 heteroatoms. The average molecular weight is 324 g/mol. The van der Waals surface area contributed by atoms with E-state index < -0.39 is 11.9 Å². The van der Waals surface area contributed by atoms with Gasteiger partial charge in [0.15, 0.2) is 6.61 Å². The molecule has 0 radical (unpaired) electrons. The summed E-state index contributed by atoms with van der Waals surface area (Å²) in [4.78, 5) is 23.0. The molecule has 0 aliphatic heterocycles. The number of benzene rings is 1. The number of methoxy groups -OCH3 is 1. The van der Waals surface area contributed by atoms with E-state index in [1.807, 2.05) is 18.2 Å². The van der Waals surface area contributed by atoms with E-state index >= 15 is 0 Å². The van der Waals surface area contributed by atoms with Crippen LogP contribution in [0.3, 0.4) is 0 Å². The monoisotopic (exact) mass is 324 g/mol. The normalized spacial score (nSPS) is 13.1. The van der Waals surface area contributed by atoms with Crippen LogP contribution in [0.5, 0.6) is 0 Å². The first-order valence-electron chi connectivity index (χ1n) is 7.28. The molecule has 4 nitrogen and oxygen atoms in total. The first kappa shape index (κ1) is 18.6. The fraction of sp³-hybridized carbons (Fsp3) is 0.529. The smallest absolute Gasteiger partial charge is 0.344 e. The predicted molar refractivity (Wildman–Crippen MR) is 89.8 cm³/mol. The molecule has 0 spiro atoms. The van der Waals surface area contributed by atoms with E-state index in [2.05, 4.69) is 32.2 Å². The van der Waals surface area contributed by atoms with Gasteiger partial charge < -0.3 is 9.47 Å². The van der Waals surface area contributed by atoms with E-state index in [1.165, 1.54) is 7.11 Å². The van der Waals surface area contributed by atoms with Crippen LogP contribution in [0.4, 0.5) is 0 Å². The number of esters is 2. The summed E-state index contributed by atoms with van der Waals surface area (Å²) >= 11 is 0. The second kappa shape index (κ2) is 8.28. The Morgan fingerprint density at radius 3 is 2.50 bits per heavy atom. The minimum absolute atomic E-state index is 0.231. The van der Waals surface area contributed by atoms with Crippen molar-refractivity contribution in [3.8, 4) is 0 Å².